The summed E-state index contributed by atoms with van der Waals surface area (Å²) in [5.41, 5.74) is 7.62. The largest absolute Gasteiger partial charge is 0.351 e. The lowest BCUT2D eigenvalue weighted by Gasteiger charge is -2.34. The average molecular weight is 516 g/mol. The number of nitrogens with one attached hydrogen (secondary N) is 1. The summed E-state index contributed by atoms with van der Waals surface area (Å²) in [4.78, 5) is 30.6. The van der Waals surface area contributed by atoms with Gasteiger partial charge in [-0.2, -0.15) is 4.31 Å². The Balaban J connectivity index is 1.44. The zero-order chi connectivity index (χ0) is 26.3. The molecule has 1 aromatic rings. The quantitative estimate of drug-likeness (QED) is 0.624. The van der Waals surface area contributed by atoms with Crippen LogP contribution in [0.4, 0.5) is 10.5 Å². The molecule has 2 heterocycles. The molecule has 2 fully saturated rings. The van der Waals surface area contributed by atoms with E-state index in [1.165, 1.54) is 14.6 Å². The van der Waals surface area contributed by atoms with Crippen LogP contribution in [0.15, 0.2) is 22.5 Å². The third-order valence-electron chi connectivity index (χ3n) is 8.01. The molecule has 0 atom stereocenters. The maximum atomic E-state index is 13.1. The number of amidine groups is 1. The number of piperidine rings is 1. The van der Waals surface area contributed by atoms with Crippen molar-refractivity contribution in [3.8, 4) is 0 Å². The Labute approximate surface area is 213 Å². The molecular weight excluding hydrogens is 478 g/mol. The first-order chi connectivity index (χ1) is 16.9. The van der Waals surface area contributed by atoms with E-state index in [2.05, 4.69) is 12.2 Å². The molecule has 1 aromatic carbocycles. The van der Waals surface area contributed by atoms with E-state index < -0.39 is 21.6 Å². The van der Waals surface area contributed by atoms with Crippen LogP contribution in [-0.4, -0.2) is 56.2 Å². The maximum Gasteiger partial charge on any atom is 0.318 e. The predicted octanol–water partition coefficient (Wildman–Crippen LogP) is 3.31. The second kappa shape index (κ2) is 9.97. The first-order valence-corrected chi connectivity index (χ1v) is 14.2. The number of rotatable bonds is 5. The van der Waals surface area contributed by atoms with Crippen LogP contribution in [-0.2, 0) is 14.8 Å². The van der Waals surface area contributed by atoms with Gasteiger partial charge in [0.05, 0.1) is 0 Å². The predicted molar refractivity (Wildman–Crippen MR) is 142 cm³/mol. The van der Waals surface area contributed by atoms with Crippen LogP contribution in [0.3, 0.4) is 0 Å². The number of nitrogens with two attached hydrogens (primary N) is 1. The van der Waals surface area contributed by atoms with Crippen LogP contribution in [0.25, 0.3) is 6.08 Å². The minimum Gasteiger partial charge on any atom is -0.351 e. The van der Waals surface area contributed by atoms with E-state index in [1.807, 2.05) is 13.8 Å². The Hall–Kier alpha value is -2.72. The fraction of sp³-hybridized carbons (Fsp3) is 0.577. The Kier molecular flexibility index (Phi) is 7.30. The van der Waals surface area contributed by atoms with Gasteiger partial charge in [0.25, 0.3) is 5.91 Å². The lowest BCUT2D eigenvalue weighted by atomic mass is 9.82. The lowest BCUT2D eigenvalue weighted by molar-refractivity contribution is -0.125. The number of sulfonamides is 1. The molecule has 0 radical (unpaired) electrons. The average Bonchev–Trinajstić information content (AvgIpc) is 3.13. The van der Waals surface area contributed by atoms with E-state index in [1.54, 1.807) is 25.3 Å². The van der Waals surface area contributed by atoms with Gasteiger partial charge in [-0.25, -0.2) is 13.2 Å². The van der Waals surface area contributed by atoms with Gasteiger partial charge in [0.15, 0.2) is 0 Å². The number of benzene rings is 1. The molecule has 196 valence electrons. The van der Waals surface area contributed by atoms with Crippen molar-refractivity contribution in [2.75, 3.05) is 25.0 Å². The normalized spacial score (nSPS) is 24.7. The SMILES string of the molecule is Cc1cc(N(C)C(N)=O)cc(C)c1C=CS(=O)(=O)N1CCC2(CC1)N=C(C1CCC(C)CC1)NC2=O. The van der Waals surface area contributed by atoms with Crippen molar-refractivity contribution in [1.29, 1.82) is 0 Å². The summed E-state index contributed by atoms with van der Waals surface area (Å²) in [5.74, 6) is 1.74. The number of aryl methyl sites for hydroxylation is 2. The number of carbonyl (C=O) groups is 2. The van der Waals surface area contributed by atoms with Crippen molar-refractivity contribution in [3.63, 3.8) is 0 Å². The molecule has 1 spiro atoms. The van der Waals surface area contributed by atoms with E-state index in [0.717, 1.165) is 54.1 Å². The van der Waals surface area contributed by atoms with E-state index in [9.17, 15) is 18.0 Å². The van der Waals surface area contributed by atoms with Crippen molar-refractivity contribution in [1.82, 2.24) is 9.62 Å². The van der Waals surface area contributed by atoms with Gasteiger partial charge in [0, 0.05) is 37.2 Å². The summed E-state index contributed by atoms with van der Waals surface area (Å²) >= 11 is 0. The van der Waals surface area contributed by atoms with Crippen LogP contribution >= 0.6 is 0 Å². The number of nitrogens with zero attached hydrogens (tertiary/aromatic N) is 3. The minimum atomic E-state index is -3.67. The molecule has 1 saturated carbocycles. The number of carbonyl (C=O) groups excluding carboxylic acids is 2. The van der Waals surface area contributed by atoms with Gasteiger partial charge in [-0.15, -0.1) is 0 Å². The Morgan fingerprint density at radius 3 is 2.31 bits per heavy atom. The standard InChI is InChI=1S/C26H37N5O4S/c1-17-5-7-20(8-6-17)23-28-24(32)26(29-23)10-12-31(13-11-26)36(34,35)14-9-22-18(2)15-21(16-19(22)3)30(4)25(27)33/h9,14-17,20H,5-8,10-13H2,1-4H3,(H2,27,33)(H,28,29,32). The summed E-state index contributed by atoms with van der Waals surface area (Å²) in [6.07, 6.45) is 6.74. The van der Waals surface area contributed by atoms with Crippen molar-refractivity contribution in [2.24, 2.45) is 22.6 Å². The molecule has 0 unspecified atom stereocenters. The second-order valence-electron chi connectivity index (χ2n) is 10.6. The van der Waals surface area contributed by atoms with Crippen molar-refractivity contribution in [3.05, 3.63) is 34.2 Å². The van der Waals surface area contributed by atoms with Crippen molar-refractivity contribution < 1.29 is 18.0 Å². The number of primary amides is 1. The molecule has 0 aromatic heterocycles. The van der Waals surface area contributed by atoms with Crippen LogP contribution in [0, 0.1) is 25.7 Å². The molecule has 2 aliphatic heterocycles. The first-order valence-electron chi connectivity index (χ1n) is 12.7. The zero-order valence-corrected chi connectivity index (χ0v) is 22.4. The summed E-state index contributed by atoms with van der Waals surface area (Å²) in [5, 5.41) is 4.25. The molecule has 3 amide bonds. The number of amides is 3. The van der Waals surface area contributed by atoms with Gasteiger partial charge >= 0.3 is 6.03 Å². The number of anilines is 1. The molecular formula is C26H37N5O4S. The van der Waals surface area contributed by atoms with E-state index in [-0.39, 0.29) is 19.0 Å². The lowest BCUT2D eigenvalue weighted by Crippen LogP contribution is -2.50. The van der Waals surface area contributed by atoms with Gasteiger partial charge < -0.3 is 11.1 Å². The highest BCUT2D eigenvalue weighted by Gasteiger charge is 2.48. The molecule has 3 aliphatic rings. The Morgan fingerprint density at radius 2 is 1.75 bits per heavy atom. The summed E-state index contributed by atoms with van der Waals surface area (Å²) in [6, 6.07) is 3.04. The fourth-order valence-electron chi connectivity index (χ4n) is 5.49. The van der Waals surface area contributed by atoms with Gasteiger partial charge in [-0.05, 0) is 80.3 Å². The molecule has 0 bridgehead atoms. The summed E-state index contributed by atoms with van der Waals surface area (Å²) < 4.78 is 27.6. The van der Waals surface area contributed by atoms with Crippen molar-refractivity contribution in [2.45, 2.75) is 64.8 Å². The van der Waals surface area contributed by atoms with Crippen LogP contribution < -0.4 is 16.0 Å². The third-order valence-corrected chi connectivity index (χ3v) is 9.58. The van der Waals surface area contributed by atoms with Gasteiger partial charge in [-0.1, -0.05) is 19.8 Å². The summed E-state index contributed by atoms with van der Waals surface area (Å²) in [7, 11) is -2.08. The van der Waals surface area contributed by atoms with Crippen molar-refractivity contribution >= 4 is 39.6 Å². The van der Waals surface area contributed by atoms with Crippen LogP contribution in [0.2, 0.25) is 0 Å². The first kappa shape index (κ1) is 26.3. The maximum absolute atomic E-state index is 13.1. The molecule has 4 rings (SSSR count). The van der Waals surface area contributed by atoms with Gasteiger partial charge in [0.2, 0.25) is 10.0 Å². The smallest absolute Gasteiger partial charge is 0.318 e. The number of hydrogen-bond acceptors (Lipinski definition) is 5. The number of aliphatic imine (C=N–C) groups is 1. The van der Waals surface area contributed by atoms with Crippen LogP contribution in [0.1, 0.15) is 62.1 Å². The fourth-order valence-corrected chi connectivity index (χ4v) is 6.67. The van der Waals surface area contributed by atoms with E-state index >= 15 is 0 Å². The molecule has 3 N–H and O–H groups in total. The number of urea groups is 1. The highest BCUT2D eigenvalue weighted by atomic mass is 32.2. The highest BCUT2D eigenvalue weighted by molar-refractivity contribution is 7.92. The summed E-state index contributed by atoms with van der Waals surface area (Å²) in [6.45, 7) is 6.49. The molecule has 36 heavy (non-hydrogen) atoms. The topological polar surface area (TPSA) is 125 Å². The monoisotopic (exact) mass is 515 g/mol. The Morgan fingerprint density at radius 1 is 1.17 bits per heavy atom. The zero-order valence-electron chi connectivity index (χ0n) is 21.6. The molecule has 1 aliphatic carbocycles. The van der Waals surface area contributed by atoms with Gasteiger partial charge in [0.1, 0.15) is 11.4 Å². The highest BCUT2D eigenvalue weighted by Crippen LogP contribution is 2.36. The Bertz CT molecular complexity index is 1180. The van der Waals surface area contributed by atoms with Gasteiger partial charge in [-0.3, -0.25) is 14.7 Å². The second-order valence-corrected chi connectivity index (χ2v) is 12.4. The molecule has 10 heteroatoms. The van der Waals surface area contributed by atoms with E-state index in [4.69, 9.17) is 10.7 Å². The van der Waals surface area contributed by atoms with Crippen LogP contribution in [0.5, 0.6) is 0 Å². The third kappa shape index (κ3) is 5.20. The molecule has 9 nitrogen and oxygen atoms in total. The minimum absolute atomic E-state index is 0.0871. The number of hydrogen-bond donors (Lipinski definition) is 2. The molecule has 1 saturated heterocycles. The van der Waals surface area contributed by atoms with E-state index in [0.29, 0.717) is 24.4 Å².